The molecular formula is C29H21NO7. The second-order valence-electron chi connectivity index (χ2n) is 9.32. The number of aliphatic hydroxyl groups excluding tert-OH is 1. The number of epoxide rings is 1. The zero-order valence-electron chi connectivity index (χ0n) is 20.0. The number of hydrogen-bond acceptors (Lipinski definition) is 8. The number of esters is 1. The molecule has 4 aliphatic rings. The molecule has 0 spiro atoms. The van der Waals surface area contributed by atoms with Crippen molar-refractivity contribution in [3.8, 4) is 29.4 Å². The van der Waals surface area contributed by atoms with E-state index >= 15 is 0 Å². The van der Waals surface area contributed by atoms with E-state index in [1.807, 2.05) is 0 Å². The summed E-state index contributed by atoms with van der Waals surface area (Å²) < 4.78 is 11.2. The summed E-state index contributed by atoms with van der Waals surface area (Å²) in [6.45, 7) is 1.66. The second kappa shape index (κ2) is 7.81. The number of benzene rings is 2. The molecule has 2 aliphatic heterocycles. The van der Waals surface area contributed by atoms with Gasteiger partial charge >= 0.3 is 5.97 Å². The number of anilines is 1. The first-order chi connectivity index (χ1) is 17.8. The highest BCUT2D eigenvalue weighted by Gasteiger charge is 2.81. The van der Waals surface area contributed by atoms with Crippen LogP contribution in [0.1, 0.15) is 57.2 Å². The van der Waals surface area contributed by atoms with Crippen molar-refractivity contribution >= 4 is 23.2 Å². The zero-order chi connectivity index (χ0) is 26.1. The molecule has 184 valence electrons. The van der Waals surface area contributed by atoms with Gasteiger partial charge in [0.1, 0.15) is 11.8 Å². The fourth-order valence-corrected chi connectivity index (χ4v) is 5.78. The minimum atomic E-state index is -1.57. The van der Waals surface area contributed by atoms with Crippen LogP contribution in [0.3, 0.4) is 0 Å². The molecule has 2 bridgehead atoms. The van der Waals surface area contributed by atoms with Crippen molar-refractivity contribution in [3.05, 3.63) is 69.8 Å². The fourth-order valence-electron chi connectivity index (χ4n) is 5.78. The lowest BCUT2D eigenvalue weighted by Crippen LogP contribution is -2.50. The maximum Gasteiger partial charge on any atom is 0.330 e. The normalized spacial score (nSPS) is 28.5. The molecule has 0 radical (unpaired) electrons. The van der Waals surface area contributed by atoms with E-state index in [1.165, 1.54) is 19.3 Å². The lowest BCUT2D eigenvalue weighted by atomic mass is 9.69. The number of carbonyl (C=O) groups excluding carboxylic acids is 3. The van der Waals surface area contributed by atoms with Crippen LogP contribution in [0.15, 0.2) is 42.0 Å². The Balaban J connectivity index is 1.67. The SMILES string of the molecule is COC(=O)/C=C(\C)[C@@]12O[C@]13c1cc(O)c4c(c1N[C@H]2C#CCCC#C[C@H]3O)C(=O)c1ccccc1C4=O. The average Bonchev–Trinajstić information content (AvgIpc) is 3.62. The molecule has 2 aromatic rings. The van der Waals surface area contributed by atoms with Gasteiger partial charge in [0.15, 0.2) is 28.9 Å². The van der Waals surface area contributed by atoms with Crippen LogP contribution < -0.4 is 5.32 Å². The zero-order valence-corrected chi connectivity index (χ0v) is 20.0. The highest BCUT2D eigenvalue weighted by molar-refractivity contribution is 6.31. The van der Waals surface area contributed by atoms with E-state index in [1.54, 1.807) is 31.2 Å². The van der Waals surface area contributed by atoms with Crippen LogP contribution in [0, 0.1) is 23.7 Å². The molecule has 0 saturated carbocycles. The third-order valence-corrected chi connectivity index (χ3v) is 7.47. The number of aliphatic hydroxyl groups is 1. The molecule has 4 atom stereocenters. The molecule has 2 heterocycles. The van der Waals surface area contributed by atoms with E-state index < -0.39 is 46.6 Å². The summed E-state index contributed by atoms with van der Waals surface area (Å²) in [6.07, 6.45) is 0.739. The van der Waals surface area contributed by atoms with Gasteiger partial charge in [-0.2, -0.15) is 0 Å². The van der Waals surface area contributed by atoms with Gasteiger partial charge < -0.3 is 25.0 Å². The lowest BCUT2D eigenvalue weighted by Gasteiger charge is -2.37. The van der Waals surface area contributed by atoms with Crippen molar-refractivity contribution < 1.29 is 34.1 Å². The predicted molar refractivity (Wildman–Crippen MR) is 131 cm³/mol. The van der Waals surface area contributed by atoms with Crippen LogP contribution in [-0.2, 0) is 19.9 Å². The minimum absolute atomic E-state index is 0.0132. The molecule has 6 rings (SSSR count). The Morgan fingerprint density at radius 1 is 1.14 bits per heavy atom. The Kier molecular flexibility index (Phi) is 4.87. The number of rotatable bonds is 2. The topological polar surface area (TPSA) is 125 Å². The van der Waals surface area contributed by atoms with Gasteiger partial charge in [-0.05, 0) is 18.6 Å². The Labute approximate surface area is 212 Å². The molecule has 0 amide bonds. The molecule has 37 heavy (non-hydrogen) atoms. The maximum atomic E-state index is 13.7. The number of methoxy groups -OCH3 is 1. The van der Waals surface area contributed by atoms with E-state index in [4.69, 9.17) is 9.47 Å². The summed E-state index contributed by atoms with van der Waals surface area (Å²) in [5.41, 5.74) is -1.74. The lowest BCUT2D eigenvalue weighted by molar-refractivity contribution is -0.134. The molecule has 0 aromatic heterocycles. The molecule has 1 fully saturated rings. The predicted octanol–water partition coefficient (Wildman–Crippen LogP) is 2.21. The molecule has 3 N–H and O–H groups in total. The number of phenolic OH excluding ortho intramolecular Hbond substituents is 1. The summed E-state index contributed by atoms with van der Waals surface area (Å²) in [6, 6.07) is 6.93. The van der Waals surface area contributed by atoms with Crippen LogP contribution in [0.4, 0.5) is 5.69 Å². The number of ether oxygens (including phenoxy) is 2. The van der Waals surface area contributed by atoms with Crippen molar-refractivity contribution in [2.45, 2.75) is 43.1 Å². The van der Waals surface area contributed by atoms with E-state index in [9.17, 15) is 24.6 Å². The Morgan fingerprint density at radius 3 is 2.46 bits per heavy atom. The monoisotopic (exact) mass is 495 g/mol. The summed E-state index contributed by atoms with van der Waals surface area (Å²) in [5.74, 6) is 9.95. The molecule has 2 aliphatic carbocycles. The minimum Gasteiger partial charge on any atom is -0.507 e. The van der Waals surface area contributed by atoms with Gasteiger partial charge in [0.2, 0.25) is 0 Å². The third-order valence-electron chi connectivity index (χ3n) is 7.47. The Hall–Kier alpha value is -4.37. The van der Waals surface area contributed by atoms with Gasteiger partial charge in [-0.25, -0.2) is 4.79 Å². The van der Waals surface area contributed by atoms with Crippen molar-refractivity contribution in [2.75, 3.05) is 12.4 Å². The van der Waals surface area contributed by atoms with Crippen molar-refractivity contribution in [1.29, 1.82) is 0 Å². The van der Waals surface area contributed by atoms with Crippen LogP contribution in [0.2, 0.25) is 0 Å². The second-order valence-corrected chi connectivity index (χ2v) is 9.32. The summed E-state index contributed by atoms with van der Waals surface area (Å²) >= 11 is 0. The van der Waals surface area contributed by atoms with E-state index in [2.05, 4.69) is 29.0 Å². The standard InChI is InChI=1S/C29H21NO7/c1-15(13-22(33)36-2)28-20-11-5-3-4-6-12-21(32)29(28,37-28)18-14-19(31)23-24(25(18)30-20)27(35)17-10-8-7-9-16(17)26(23)34/h7-10,13-14,20-21,30-32H,3-4H2,1-2H3/b15-13+/t20-,21+,28-,29-/m0/s1. The van der Waals surface area contributed by atoms with Crippen molar-refractivity contribution in [3.63, 3.8) is 0 Å². The van der Waals surface area contributed by atoms with Crippen LogP contribution in [0.5, 0.6) is 5.75 Å². The molecule has 8 nitrogen and oxygen atoms in total. The van der Waals surface area contributed by atoms with Gasteiger partial charge in [-0.3, -0.25) is 9.59 Å². The number of nitrogens with one attached hydrogen (secondary N) is 1. The number of ketones is 2. The number of carbonyl (C=O) groups is 3. The molecule has 2 aromatic carbocycles. The number of phenols is 1. The van der Waals surface area contributed by atoms with Gasteiger partial charge in [0.05, 0.1) is 23.9 Å². The fraction of sp³-hybridized carbons (Fsp3) is 0.276. The quantitative estimate of drug-likeness (QED) is 0.163. The first-order valence-electron chi connectivity index (χ1n) is 11.7. The summed E-state index contributed by atoms with van der Waals surface area (Å²) in [7, 11) is 1.25. The molecular weight excluding hydrogens is 474 g/mol. The van der Waals surface area contributed by atoms with Crippen molar-refractivity contribution in [1.82, 2.24) is 0 Å². The number of aromatic hydroxyl groups is 1. The Bertz CT molecular complexity index is 1600. The highest BCUT2D eigenvalue weighted by Crippen LogP contribution is 2.68. The highest BCUT2D eigenvalue weighted by atomic mass is 16.6. The van der Waals surface area contributed by atoms with E-state index in [-0.39, 0.29) is 33.5 Å². The number of fused-ring (bicyclic) bond motifs is 4. The van der Waals surface area contributed by atoms with Gasteiger partial charge in [-0.15, -0.1) is 0 Å². The molecule has 1 saturated heterocycles. The van der Waals surface area contributed by atoms with Crippen LogP contribution in [-0.4, -0.2) is 52.6 Å². The van der Waals surface area contributed by atoms with E-state index in [0.717, 1.165) is 0 Å². The Morgan fingerprint density at radius 2 is 1.78 bits per heavy atom. The largest absolute Gasteiger partial charge is 0.507 e. The third kappa shape index (κ3) is 2.85. The smallest absolute Gasteiger partial charge is 0.330 e. The van der Waals surface area contributed by atoms with Gasteiger partial charge in [0, 0.05) is 35.6 Å². The first-order valence-corrected chi connectivity index (χ1v) is 11.7. The average molecular weight is 495 g/mol. The first kappa shape index (κ1) is 23.1. The summed E-state index contributed by atoms with van der Waals surface area (Å²) in [4.78, 5) is 39.3. The van der Waals surface area contributed by atoms with Crippen LogP contribution in [0.25, 0.3) is 0 Å². The van der Waals surface area contributed by atoms with Gasteiger partial charge in [0.25, 0.3) is 0 Å². The van der Waals surface area contributed by atoms with Gasteiger partial charge in [-0.1, -0.05) is 47.9 Å². The van der Waals surface area contributed by atoms with Crippen molar-refractivity contribution in [2.24, 2.45) is 0 Å². The number of hydrogen-bond donors (Lipinski definition) is 3. The van der Waals surface area contributed by atoms with E-state index in [0.29, 0.717) is 18.4 Å². The maximum absolute atomic E-state index is 13.7. The molecule has 0 unspecified atom stereocenters. The molecule has 8 heteroatoms. The summed E-state index contributed by atoms with van der Waals surface area (Å²) in [5, 5.41) is 25.8. The van der Waals surface area contributed by atoms with Crippen LogP contribution >= 0.6 is 0 Å².